The summed E-state index contributed by atoms with van der Waals surface area (Å²) < 4.78 is 42.6. The van der Waals surface area contributed by atoms with Crippen LogP contribution in [0.2, 0.25) is 0 Å². The monoisotopic (exact) mass is 316 g/mol. The van der Waals surface area contributed by atoms with E-state index in [-0.39, 0.29) is 6.61 Å². The van der Waals surface area contributed by atoms with Crippen molar-refractivity contribution in [3.8, 4) is 0 Å². The zero-order chi connectivity index (χ0) is 15.5. The molecule has 1 atom stereocenters. The molecule has 0 radical (unpaired) electrons. The Balaban J connectivity index is 2.47. The molecular weight excluding hydrogens is 301 g/mol. The van der Waals surface area contributed by atoms with Crippen molar-refractivity contribution in [2.24, 2.45) is 0 Å². The van der Waals surface area contributed by atoms with Gasteiger partial charge in [-0.1, -0.05) is 24.3 Å². The van der Waals surface area contributed by atoms with Crippen LogP contribution in [0.25, 0.3) is 0 Å². The Morgan fingerprint density at radius 1 is 1.38 bits per heavy atom. The van der Waals surface area contributed by atoms with E-state index < -0.39 is 22.5 Å². The number of thioether (sulfide) groups is 1. The molecule has 2 rings (SSSR count). The van der Waals surface area contributed by atoms with Crippen molar-refractivity contribution in [1.29, 1.82) is 0 Å². The van der Waals surface area contributed by atoms with Gasteiger partial charge in [-0.15, -0.1) is 11.8 Å². The molecular formula is C15H15F3O2S. The Labute approximate surface area is 125 Å². The molecule has 0 amide bonds. The van der Waals surface area contributed by atoms with E-state index >= 15 is 0 Å². The van der Waals surface area contributed by atoms with Crippen LogP contribution in [0.5, 0.6) is 0 Å². The third-order valence-electron chi connectivity index (χ3n) is 3.26. The summed E-state index contributed by atoms with van der Waals surface area (Å²) in [6.45, 7) is 1.88. The number of hydrogen-bond donors (Lipinski definition) is 0. The van der Waals surface area contributed by atoms with Gasteiger partial charge in [0.25, 0.3) is 0 Å². The first-order chi connectivity index (χ1) is 9.90. The number of ether oxygens (including phenoxy) is 1. The fourth-order valence-electron chi connectivity index (χ4n) is 2.22. The molecule has 0 fully saturated rings. The van der Waals surface area contributed by atoms with Crippen molar-refractivity contribution < 1.29 is 22.7 Å². The van der Waals surface area contributed by atoms with Gasteiger partial charge in [-0.3, -0.25) is 4.79 Å². The highest BCUT2D eigenvalue weighted by Crippen LogP contribution is 2.45. The third-order valence-corrected chi connectivity index (χ3v) is 4.68. The lowest BCUT2D eigenvalue weighted by atomic mass is 9.92. The minimum atomic E-state index is -4.43. The summed E-state index contributed by atoms with van der Waals surface area (Å²) in [5, 5.41) is 0. The van der Waals surface area contributed by atoms with Gasteiger partial charge >= 0.3 is 12.1 Å². The SMILES string of the molecule is CCOC(=O)C1(c2cccc(C(F)(F)F)c2)CC=CCS1. The molecule has 114 valence electrons. The van der Waals surface area contributed by atoms with Crippen LogP contribution >= 0.6 is 11.8 Å². The fourth-order valence-corrected chi connectivity index (χ4v) is 3.42. The lowest BCUT2D eigenvalue weighted by molar-refractivity contribution is -0.146. The highest BCUT2D eigenvalue weighted by Gasteiger charge is 2.43. The molecule has 0 bridgehead atoms. The van der Waals surface area contributed by atoms with E-state index in [1.807, 2.05) is 12.2 Å². The summed E-state index contributed by atoms with van der Waals surface area (Å²) in [4.78, 5) is 12.3. The molecule has 1 aromatic carbocycles. The van der Waals surface area contributed by atoms with Gasteiger partial charge in [0.1, 0.15) is 4.75 Å². The lowest BCUT2D eigenvalue weighted by Gasteiger charge is -2.32. The van der Waals surface area contributed by atoms with Crippen molar-refractivity contribution in [2.45, 2.75) is 24.3 Å². The number of carbonyl (C=O) groups is 1. The minimum absolute atomic E-state index is 0.198. The van der Waals surface area contributed by atoms with Crippen LogP contribution in [0.4, 0.5) is 13.2 Å². The second-order valence-corrected chi connectivity index (χ2v) is 5.93. The summed E-state index contributed by atoms with van der Waals surface area (Å²) in [7, 11) is 0. The average Bonchev–Trinajstić information content (AvgIpc) is 2.47. The number of allylic oxidation sites excluding steroid dienone is 1. The van der Waals surface area contributed by atoms with Crippen LogP contribution in [0.1, 0.15) is 24.5 Å². The van der Waals surface area contributed by atoms with Crippen LogP contribution in [0, 0.1) is 0 Å². The topological polar surface area (TPSA) is 26.3 Å². The maximum Gasteiger partial charge on any atom is 0.416 e. The number of benzene rings is 1. The molecule has 0 saturated heterocycles. The van der Waals surface area contributed by atoms with Gasteiger partial charge in [-0.05, 0) is 31.0 Å². The Kier molecular flexibility index (Phi) is 4.66. The van der Waals surface area contributed by atoms with Crippen LogP contribution in [0.3, 0.4) is 0 Å². The molecule has 1 aliphatic rings. The third kappa shape index (κ3) is 3.26. The summed E-state index contributed by atoms with van der Waals surface area (Å²) in [5.74, 6) is 0.0772. The molecule has 6 heteroatoms. The van der Waals surface area contributed by atoms with Crippen molar-refractivity contribution in [3.63, 3.8) is 0 Å². The lowest BCUT2D eigenvalue weighted by Crippen LogP contribution is -2.35. The van der Waals surface area contributed by atoms with E-state index in [0.717, 1.165) is 12.1 Å². The Hall–Kier alpha value is -1.43. The molecule has 0 N–H and O–H groups in total. The molecule has 0 spiro atoms. The smallest absolute Gasteiger partial charge is 0.416 e. The first-order valence-corrected chi connectivity index (χ1v) is 7.52. The highest BCUT2D eigenvalue weighted by atomic mass is 32.2. The number of rotatable bonds is 3. The van der Waals surface area contributed by atoms with Gasteiger partial charge in [0.05, 0.1) is 12.2 Å². The standard InChI is InChI=1S/C15H15F3O2S/c1-2-20-13(19)14(8-3-4-9-21-14)11-6-5-7-12(10-11)15(16,17)18/h3-7,10H,2,8-9H2,1H3. The van der Waals surface area contributed by atoms with E-state index in [9.17, 15) is 18.0 Å². The number of esters is 1. The highest BCUT2D eigenvalue weighted by molar-refractivity contribution is 8.01. The van der Waals surface area contributed by atoms with Gasteiger partial charge in [-0.25, -0.2) is 0 Å². The summed E-state index contributed by atoms with van der Waals surface area (Å²) in [5.41, 5.74) is -0.413. The van der Waals surface area contributed by atoms with E-state index in [1.54, 1.807) is 13.0 Å². The molecule has 0 aliphatic carbocycles. The van der Waals surface area contributed by atoms with Crippen LogP contribution in [-0.2, 0) is 20.5 Å². The molecule has 1 heterocycles. The largest absolute Gasteiger partial charge is 0.465 e. The van der Waals surface area contributed by atoms with E-state index in [0.29, 0.717) is 17.7 Å². The molecule has 1 aliphatic heterocycles. The van der Waals surface area contributed by atoms with E-state index in [4.69, 9.17) is 4.74 Å². The maximum absolute atomic E-state index is 12.9. The van der Waals surface area contributed by atoms with Gasteiger partial charge in [0.2, 0.25) is 0 Å². The quantitative estimate of drug-likeness (QED) is 0.619. The zero-order valence-corrected chi connectivity index (χ0v) is 12.3. The van der Waals surface area contributed by atoms with E-state index in [1.165, 1.54) is 17.8 Å². The Bertz CT molecular complexity index is 554. The van der Waals surface area contributed by atoms with Crippen LogP contribution in [-0.4, -0.2) is 18.3 Å². The van der Waals surface area contributed by atoms with Gasteiger partial charge in [-0.2, -0.15) is 13.2 Å². The first kappa shape index (κ1) is 15.9. The Morgan fingerprint density at radius 3 is 2.71 bits per heavy atom. The minimum Gasteiger partial charge on any atom is -0.465 e. The first-order valence-electron chi connectivity index (χ1n) is 6.54. The zero-order valence-electron chi connectivity index (χ0n) is 11.4. The Morgan fingerprint density at radius 2 is 2.14 bits per heavy atom. The van der Waals surface area contributed by atoms with Gasteiger partial charge in [0, 0.05) is 5.75 Å². The summed E-state index contributed by atoms with van der Waals surface area (Å²) >= 11 is 1.30. The van der Waals surface area contributed by atoms with Crippen molar-refractivity contribution in [3.05, 3.63) is 47.5 Å². The molecule has 2 nitrogen and oxygen atoms in total. The van der Waals surface area contributed by atoms with Gasteiger partial charge < -0.3 is 4.74 Å². The number of alkyl halides is 3. The second-order valence-electron chi connectivity index (χ2n) is 4.61. The van der Waals surface area contributed by atoms with Gasteiger partial charge in [0.15, 0.2) is 0 Å². The number of carbonyl (C=O) groups excluding carboxylic acids is 1. The van der Waals surface area contributed by atoms with E-state index in [2.05, 4.69) is 0 Å². The van der Waals surface area contributed by atoms with Crippen molar-refractivity contribution >= 4 is 17.7 Å². The molecule has 21 heavy (non-hydrogen) atoms. The predicted octanol–water partition coefficient (Wildman–Crippen LogP) is 4.16. The maximum atomic E-state index is 12.9. The molecule has 1 unspecified atom stereocenters. The molecule has 0 saturated carbocycles. The second kappa shape index (κ2) is 6.13. The normalized spacial score (nSPS) is 22.1. The van der Waals surface area contributed by atoms with Crippen molar-refractivity contribution in [1.82, 2.24) is 0 Å². The predicted molar refractivity (Wildman–Crippen MR) is 76.0 cm³/mol. The fraction of sp³-hybridized carbons (Fsp3) is 0.400. The summed E-state index contributed by atoms with van der Waals surface area (Å²) in [6, 6.07) is 4.94. The summed E-state index contributed by atoms with van der Waals surface area (Å²) in [6.07, 6.45) is -0.387. The number of halogens is 3. The van der Waals surface area contributed by atoms with Crippen LogP contribution in [0.15, 0.2) is 36.4 Å². The van der Waals surface area contributed by atoms with Crippen LogP contribution < -0.4 is 0 Å². The number of hydrogen-bond acceptors (Lipinski definition) is 3. The average molecular weight is 316 g/mol. The van der Waals surface area contributed by atoms with Crippen molar-refractivity contribution in [2.75, 3.05) is 12.4 Å². The molecule has 1 aromatic rings. The molecule has 0 aromatic heterocycles.